The van der Waals surface area contributed by atoms with Gasteiger partial charge < -0.3 is 0 Å². The Bertz CT molecular complexity index is 332. The van der Waals surface area contributed by atoms with Gasteiger partial charge in [0.15, 0.2) is 0 Å². The van der Waals surface area contributed by atoms with Gasteiger partial charge >= 0.3 is 0 Å². The predicted octanol–water partition coefficient (Wildman–Crippen LogP) is 2.34. The third-order valence-electron chi connectivity index (χ3n) is 1.74. The molecule has 2 nitrogen and oxygen atoms in total. The summed E-state index contributed by atoms with van der Waals surface area (Å²) in [4.78, 5) is 7.92. The van der Waals surface area contributed by atoms with Crippen LogP contribution in [0.3, 0.4) is 0 Å². The summed E-state index contributed by atoms with van der Waals surface area (Å²) in [6.07, 6.45) is 9.81. The largest absolute Gasteiger partial charge is 0.227 e. The fourth-order valence-electron chi connectivity index (χ4n) is 1.16. The zero-order valence-electron chi connectivity index (χ0n) is 6.31. The fraction of sp³-hybridized carbons (Fsp3) is 0.111. The van der Waals surface area contributed by atoms with Crippen molar-refractivity contribution in [1.29, 1.82) is 0 Å². The Morgan fingerprint density at radius 3 is 2.67 bits per heavy atom. The van der Waals surface area contributed by atoms with Crippen LogP contribution in [0.1, 0.15) is 11.6 Å². The number of rotatable bonds is 1. The van der Waals surface area contributed by atoms with Crippen LogP contribution in [0.15, 0.2) is 36.6 Å². The first-order chi connectivity index (χ1) is 5.86. The van der Waals surface area contributed by atoms with Gasteiger partial charge in [0.05, 0.1) is 5.69 Å². The molecule has 3 heteroatoms. The summed E-state index contributed by atoms with van der Waals surface area (Å²) in [5.41, 5.74) is 0.944. The molecule has 0 amide bonds. The van der Waals surface area contributed by atoms with Crippen LogP contribution in [-0.2, 0) is 0 Å². The van der Waals surface area contributed by atoms with Crippen LogP contribution in [0.2, 0.25) is 5.28 Å². The Balaban J connectivity index is 2.34. The summed E-state index contributed by atoms with van der Waals surface area (Å²) in [6.45, 7) is 0. The fourth-order valence-corrected chi connectivity index (χ4v) is 1.32. The molecule has 0 aliphatic heterocycles. The molecule has 1 aliphatic carbocycles. The summed E-state index contributed by atoms with van der Waals surface area (Å²) in [7, 11) is 0. The lowest BCUT2D eigenvalue weighted by Crippen LogP contribution is -1.94. The normalized spacial score (nSPS) is 15.8. The lowest BCUT2D eigenvalue weighted by atomic mass is 10.1. The monoisotopic (exact) mass is 178 g/mol. The van der Waals surface area contributed by atoms with Crippen LogP contribution in [0.25, 0.3) is 0 Å². The molecule has 0 atom stereocenters. The summed E-state index contributed by atoms with van der Waals surface area (Å²) < 4.78 is 0. The third-order valence-corrected chi connectivity index (χ3v) is 1.92. The van der Waals surface area contributed by atoms with Crippen molar-refractivity contribution in [3.63, 3.8) is 0 Å². The van der Waals surface area contributed by atoms with Crippen molar-refractivity contribution >= 4 is 11.6 Å². The van der Waals surface area contributed by atoms with E-state index in [0.717, 1.165) is 5.69 Å². The molecule has 2 rings (SSSR count). The number of aromatic nitrogens is 2. The van der Waals surface area contributed by atoms with Crippen molar-refractivity contribution in [2.45, 2.75) is 5.92 Å². The van der Waals surface area contributed by atoms with Crippen molar-refractivity contribution < 1.29 is 0 Å². The summed E-state index contributed by atoms with van der Waals surface area (Å²) in [5.74, 6) is 0.269. The van der Waals surface area contributed by atoms with Gasteiger partial charge in [0, 0.05) is 12.1 Å². The van der Waals surface area contributed by atoms with Crippen LogP contribution in [-0.4, -0.2) is 9.97 Å². The second kappa shape index (κ2) is 3.07. The van der Waals surface area contributed by atoms with E-state index in [1.165, 1.54) is 0 Å². The van der Waals surface area contributed by atoms with Crippen molar-refractivity contribution in [2.75, 3.05) is 0 Å². The smallest absolute Gasteiger partial charge is 0.222 e. The zero-order chi connectivity index (χ0) is 8.39. The zero-order valence-corrected chi connectivity index (χ0v) is 7.07. The number of hydrogen-bond acceptors (Lipinski definition) is 2. The molecule has 0 saturated heterocycles. The number of nitrogens with zero attached hydrogens (tertiary/aromatic N) is 2. The Labute approximate surface area is 75.6 Å². The van der Waals surface area contributed by atoms with Crippen molar-refractivity contribution in [3.05, 3.63) is 47.5 Å². The van der Waals surface area contributed by atoms with Crippen molar-refractivity contribution in [1.82, 2.24) is 9.97 Å². The van der Waals surface area contributed by atoms with Crippen LogP contribution < -0.4 is 0 Å². The van der Waals surface area contributed by atoms with Gasteiger partial charge in [-0.1, -0.05) is 24.3 Å². The molecule has 0 aromatic carbocycles. The number of allylic oxidation sites excluding steroid dienone is 4. The van der Waals surface area contributed by atoms with E-state index in [0.29, 0.717) is 5.28 Å². The van der Waals surface area contributed by atoms with E-state index in [1.807, 2.05) is 18.2 Å². The van der Waals surface area contributed by atoms with Gasteiger partial charge in [-0.25, -0.2) is 9.97 Å². The summed E-state index contributed by atoms with van der Waals surface area (Å²) in [5, 5.41) is 0.307. The van der Waals surface area contributed by atoms with Crippen LogP contribution in [0.4, 0.5) is 0 Å². The van der Waals surface area contributed by atoms with Crippen molar-refractivity contribution in [2.24, 2.45) is 0 Å². The first kappa shape index (κ1) is 7.50. The molecule has 0 radical (unpaired) electrons. The highest BCUT2D eigenvalue weighted by molar-refractivity contribution is 6.28. The van der Waals surface area contributed by atoms with Crippen LogP contribution in [0.5, 0.6) is 0 Å². The van der Waals surface area contributed by atoms with E-state index in [2.05, 4.69) is 22.1 Å². The standard InChI is InChI=1S/C9H7ClN2/c10-9-11-6-5-8(12-9)7-3-1-2-4-7/h1-7H. The minimum absolute atomic E-state index is 0.269. The summed E-state index contributed by atoms with van der Waals surface area (Å²) in [6, 6.07) is 1.87. The molecule has 0 unspecified atom stereocenters. The van der Waals surface area contributed by atoms with Gasteiger partial charge in [-0.3, -0.25) is 0 Å². The molecule has 1 aromatic heterocycles. The molecule has 1 aliphatic rings. The minimum Gasteiger partial charge on any atom is -0.227 e. The van der Waals surface area contributed by atoms with Crippen LogP contribution in [0, 0.1) is 0 Å². The highest BCUT2D eigenvalue weighted by atomic mass is 35.5. The second-order valence-corrected chi connectivity index (χ2v) is 2.88. The van der Waals surface area contributed by atoms with E-state index in [4.69, 9.17) is 11.6 Å². The highest BCUT2D eigenvalue weighted by Gasteiger charge is 2.08. The molecule has 0 saturated carbocycles. The van der Waals surface area contributed by atoms with E-state index < -0.39 is 0 Å². The molecule has 0 bridgehead atoms. The van der Waals surface area contributed by atoms with Crippen molar-refractivity contribution in [3.8, 4) is 0 Å². The number of hydrogen-bond donors (Lipinski definition) is 0. The second-order valence-electron chi connectivity index (χ2n) is 2.55. The maximum atomic E-state index is 5.65. The Hall–Kier alpha value is -1.15. The highest BCUT2D eigenvalue weighted by Crippen LogP contribution is 2.20. The molecule has 1 heterocycles. The average molecular weight is 179 g/mol. The van der Waals surface area contributed by atoms with E-state index in [-0.39, 0.29) is 5.92 Å². The minimum atomic E-state index is 0.269. The molecule has 0 fully saturated rings. The Morgan fingerprint density at radius 2 is 2.00 bits per heavy atom. The van der Waals surface area contributed by atoms with Crippen LogP contribution >= 0.6 is 11.6 Å². The van der Waals surface area contributed by atoms with E-state index in [9.17, 15) is 0 Å². The number of halogens is 1. The molecule has 12 heavy (non-hydrogen) atoms. The van der Waals surface area contributed by atoms with Gasteiger partial charge in [-0.05, 0) is 17.7 Å². The first-order valence-corrected chi connectivity index (χ1v) is 4.07. The van der Waals surface area contributed by atoms with Gasteiger partial charge in [0.2, 0.25) is 5.28 Å². The Kier molecular flexibility index (Phi) is 1.92. The molecule has 1 aromatic rings. The predicted molar refractivity (Wildman–Crippen MR) is 48.1 cm³/mol. The lowest BCUT2D eigenvalue weighted by Gasteiger charge is -2.02. The maximum absolute atomic E-state index is 5.65. The lowest BCUT2D eigenvalue weighted by molar-refractivity contribution is 0.975. The first-order valence-electron chi connectivity index (χ1n) is 3.70. The van der Waals surface area contributed by atoms with Gasteiger partial charge in [0.1, 0.15) is 0 Å². The molecular weight excluding hydrogens is 172 g/mol. The summed E-state index contributed by atoms with van der Waals surface area (Å²) >= 11 is 5.65. The maximum Gasteiger partial charge on any atom is 0.222 e. The Morgan fingerprint density at radius 1 is 1.25 bits per heavy atom. The van der Waals surface area contributed by atoms with Gasteiger partial charge in [-0.15, -0.1) is 0 Å². The third kappa shape index (κ3) is 1.38. The topological polar surface area (TPSA) is 25.8 Å². The van der Waals surface area contributed by atoms with Gasteiger partial charge in [-0.2, -0.15) is 0 Å². The molecular formula is C9H7ClN2. The quantitative estimate of drug-likeness (QED) is 0.617. The average Bonchev–Trinajstić information content (AvgIpc) is 2.56. The van der Waals surface area contributed by atoms with E-state index in [1.54, 1.807) is 6.20 Å². The molecule has 0 N–H and O–H groups in total. The molecule has 60 valence electrons. The van der Waals surface area contributed by atoms with Gasteiger partial charge in [0.25, 0.3) is 0 Å². The van der Waals surface area contributed by atoms with E-state index >= 15 is 0 Å². The SMILES string of the molecule is Clc1nccc(C2C=CC=C2)n1. The molecule has 0 spiro atoms.